The molecule has 0 heterocycles. The molecule has 1 aromatic rings. The predicted molar refractivity (Wildman–Crippen MR) is 71.2 cm³/mol. The largest absolute Gasteiger partial charge is 0.336 e. The lowest BCUT2D eigenvalue weighted by Crippen LogP contribution is -2.29. The molecule has 0 spiro atoms. The number of anilines is 1. The van der Waals surface area contributed by atoms with Crippen LogP contribution in [0, 0.1) is 12.8 Å². The van der Waals surface area contributed by atoms with E-state index in [9.17, 15) is 0 Å². The Hall–Kier alpha value is -0.890. The van der Waals surface area contributed by atoms with E-state index in [-0.39, 0.29) is 0 Å². The average Bonchev–Trinajstić information content (AvgIpc) is 2.19. The van der Waals surface area contributed by atoms with Gasteiger partial charge in [0.1, 0.15) is 0 Å². The number of benzene rings is 1. The van der Waals surface area contributed by atoms with E-state index in [1.165, 1.54) is 0 Å². The van der Waals surface area contributed by atoms with Crippen molar-refractivity contribution < 1.29 is 0 Å². The summed E-state index contributed by atoms with van der Waals surface area (Å²) in [5.74, 6) is 0.593. The molecule has 0 aliphatic heterocycles. The van der Waals surface area contributed by atoms with Crippen LogP contribution in [0.25, 0.3) is 0 Å². The highest BCUT2D eigenvalue weighted by Gasteiger charge is 2.10. The number of nitrogens with zero attached hydrogens (tertiary/aromatic N) is 1. The highest BCUT2D eigenvalue weighted by molar-refractivity contribution is 7.80. The van der Waals surface area contributed by atoms with Crippen LogP contribution in [0.5, 0.6) is 0 Å². The Balaban J connectivity index is 2.76. The van der Waals surface area contributed by atoms with Gasteiger partial charge in [0, 0.05) is 18.7 Å². The quantitative estimate of drug-likeness (QED) is 0.712. The van der Waals surface area contributed by atoms with E-state index in [0.29, 0.717) is 12.5 Å². The van der Waals surface area contributed by atoms with E-state index in [1.54, 1.807) is 0 Å². The van der Waals surface area contributed by atoms with Gasteiger partial charge < -0.3 is 4.90 Å². The van der Waals surface area contributed by atoms with Crippen molar-refractivity contribution in [3.05, 3.63) is 37.3 Å². The molecule has 0 aliphatic rings. The van der Waals surface area contributed by atoms with Gasteiger partial charge in [-0.05, 0) is 25.0 Å². The monoisotopic (exact) mass is 220 g/mol. The lowest BCUT2D eigenvalue weighted by atomic mass is 10.1. The summed E-state index contributed by atoms with van der Waals surface area (Å²) in [6.07, 6.45) is 0.944. The van der Waals surface area contributed by atoms with Crippen LogP contribution in [0.4, 0.5) is 5.69 Å². The Morgan fingerprint density at radius 1 is 1.33 bits per heavy atom. The fourth-order valence-electron chi connectivity index (χ4n) is 1.47. The molecule has 81 valence electrons. The van der Waals surface area contributed by atoms with Gasteiger partial charge in [0.05, 0.1) is 4.99 Å². The second-order valence-corrected chi connectivity index (χ2v) is 4.45. The maximum absolute atomic E-state index is 5.42. The van der Waals surface area contributed by atoms with E-state index >= 15 is 0 Å². The van der Waals surface area contributed by atoms with Gasteiger partial charge in [-0.3, -0.25) is 0 Å². The highest BCUT2D eigenvalue weighted by Crippen LogP contribution is 2.16. The smallest absolute Gasteiger partial charge is 0.0826 e. The molecule has 0 aliphatic carbocycles. The van der Waals surface area contributed by atoms with Crippen LogP contribution in [0.1, 0.15) is 20.3 Å². The Morgan fingerprint density at radius 2 is 1.93 bits per heavy atom. The van der Waals surface area contributed by atoms with Crippen LogP contribution < -0.4 is 4.90 Å². The molecule has 0 saturated heterocycles. The highest BCUT2D eigenvalue weighted by atomic mass is 32.1. The first kappa shape index (κ1) is 12.2. The Morgan fingerprint density at radius 3 is 2.40 bits per heavy atom. The average molecular weight is 220 g/mol. The van der Waals surface area contributed by atoms with Gasteiger partial charge in [0.25, 0.3) is 0 Å². The first-order valence-corrected chi connectivity index (χ1v) is 5.70. The number of thiocarbonyl (C=S) groups is 1. The van der Waals surface area contributed by atoms with Gasteiger partial charge >= 0.3 is 0 Å². The van der Waals surface area contributed by atoms with Crippen LogP contribution >= 0.6 is 12.2 Å². The van der Waals surface area contributed by atoms with Gasteiger partial charge in [-0.1, -0.05) is 44.3 Å². The molecular formula is C13H18NS. The SMILES string of the molecule is [CH2]CN(C(=S)CC(C)C)c1ccccc1. The Labute approximate surface area is 98.1 Å². The third-order valence-corrected chi connectivity index (χ3v) is 2.56. The summed E-state index contributed by atoms with van der Waals surface area (Å²) in [5.41, 5.74) is 1.14. The normalized spacial score (nSPS) is 10.4. The minimum absolute atomic E-state index is 0.593. The topological polar surface area (TPSA) is 3.24 Å². The second kappa shape index (κ2) is 5.86. The van der Waals surface area contributed by atoms with Crippen molar-refractivity contribution in [2.45, 2.75) is 20.3 Å². The number of para-hydroxylation sites is 1. The third-order valence-electron chi connectivity index (χ3n) is 2.18. The molecular weight excluding hydrogens is 202 g/mol. The summed E-state index contributed by atoms with van der Waals surface area (Å²) in [6.45, 7) is 8.98. The second-order valence-electron chi connectivity index (χ2n) is 3.98. The lowest BCUT2D eigenvalue weighted by Gasteiger charge is -2.24. The van der Waals surface area contributed by atoms with Gasteiger partial charge in [-0.25, -0.2) is 0 Å². The standard InChI is InChI=1S/C13H18NS/c1-4-14(13(15)10-11(2)3)12-8-6-5-7-9-12/h5-9,11H,1,4,10H2,2-3H3. The van der Waals surface area contributed by atoms with Crippen molar-refractivity contribution in [2.24, 2.45) is 5.92 Å². The Bertz CT molecular complexity index is 306. The van der Waals surface area contributed by atoms with Crippen LogP contribution in [-0.2, 0) is 0 Å². The van der Waals surface area contributed by atoms with E-state index in [0.717, 1.165) is 17.1 Å². The van der Waals surface area contributed by atoms with E-state index in [4.69, 9.17) is 12.2 Å². The maximum atomic E-state index is 5.42. The molecule has 0 fully saturated rings. The first-order valence-electron chi connectivity index (χ1n) is 5.29. The summed E-state index contributed by atoms with van der Waals surface area (Å²) in [5, 5.41) is 0. The zero-order valence-corrected chi connectivity index (χ0v) is 10.3. The first-order chi connectivity index (χ1) is 7.15. The van der Waals surface area contributed by atoms with Crippen molar-refractivity contribution in [2.75, 3.05) is 11.4 Å². The summed E-state index contributed by atoms with van der Waals surface area (Å²) in [7, 11) is 0. The molecule has 0 saturated carbocycles. The fraction of sp³-hybridized carbons (Fsp3) is 0.385. The minimum atomic E-state index is 0.593. The minimum Gasteiger partial charge on any atom is -0.336 e. The van der Waals surface area contributed by atoms with Crippen molar-refractivity contribution in [3.8, 4) is 0 Å². The molecule has 15 heavy (non-hydrogen) atoms. The number of rotatable bonds is 4. The van der Waals surface area contributed by atoms with E-state index in [1.807, 2.05) is 18.2 Å². The lowest BCUT2D eigenvalue weighted by molar-refractivity contribution is 0.682. The van der Waals surface area contributed by atoms with Gasteiger partial charge in [0.2, 0.25) is 0 Å². The van der Waals surface area contributed by atoms with Gasteiger partial charge in [-0.15, -0.1) is 0 Å². The molecule has 1 aromatic carbocycles. The molecule has 0 amide bonds. The summed E-state index contributed by atoms with van der Waals surface area (Å²) < 4.78 is 0. The molecule has 0 bridgehead atoms. The van der Waals surface area contributed by atoms with Crippen LogP contribution in [0.15, 0.2) is 30.3 Å². The van der Waals surface area contributed by atoms with Crippen molar-refractivity contribution in [1.29, 1.82) is 0 Å². The third kappa shape index (κ3) is 3.63. The van der Waals surface area contributed by atoms with Crippen molar-refractivity contribution in [3.63, 3.8) is 0 Å². The molecule has 0 N–H and O–H groups in total. The molecule has 1 rings (SSSR count). The molecule has 0 atom stereocenters. The predicted octanol–water partition coefficient (Wildman–Crippen LogP) is 3.70. The molecule has 0 aromatic heterocycles. The fourth-order valence-corrected chi connectivity index (χ4v) is 2.00. The zero-order chi connectivity index (χ0) is 11.3. The molecule has 2 heteroatoms. The van der Waals surface area contributed by atoms with Crippen molar-refractivity contribution >= 4 is 22.9 Å². The van der Waals surface area contributed by atoms with Crippen LogP contribution in [0.2, 0.25) is 0 Å². The summed E-state index contributed by atoms with van der Waals surface area (Å²) in [6, 6.07) is 10.2. The zero-order valence-electron chi connectivity index (χ0n) is 9.44. The molecule has 1 nitrogen and oxygen atoms in total. The molecule has 0 unspecified atom stereocenters. The van der Waals surface area contributed by atoms with E-state index < -0.39 is 0 Å². The van der Waals surface area contributed by atoms with Gasteiger partial charge in [-0.2, -0.15) is 0 Å². The summed E-state index contributed by atoms with van der Waals surface area (Å²) >= 11 is 5.42. The summed E-state index contributed by atoms with van der Waals surface area (Å²) in [4.78, 5) is 3.07. The van der Waals surface area contributed by atoms with Crippen molar-refractivity contribution in [1.82, 2.24) is 0 Å². The number of hydrogen-bond donors (Lipinski definition) is 0. The number of hydrogen-bond acceptors (Lipinski definition) is 1. The van der Waals surface area contributed by atoms with E-state index in [2.05, 4.69) is 37.8 Å². The maximum Gasteiger partial charge on any atom is 0.0826 e. The van der Waals surface area contributed by atoms with Crippen LogP contribution in [0.3, 0.4) is 0 Å². The Kier molecular flexibility index (Phi) is 4.76. The van der Waals surface area contributed by atoms with Crippen LogP contribution in [-0.4, -0.2) is 11.5 Å². The molecule has 1 radical (unpaired) electrons. The van der Waals surface area contributed by atoms with Gasteiger partial charge in [0.15, 0.2) is 0 Å².